The first-order chi connectivity index (χ1) is 17.9. The molecule has 0 radical (unpaired) electrons. The van der Waals surface area contributed by atoms with Gasteiger partial charge in [0.15, 0.2) is 5.82 Å². The SMILES string of the molecule is C=C(C)Cn1c(=O)c(Cc2ccc(-c3ccccc3-c3noc(=O)[nH]3)cc2)c(CCC)n2nc(C)nc12. The van der Waals surface area contributed by atoms with Crippen LogP contribution in [0.15, 0.2) is 74.8 Å². The van der Waals surface area contributed by atoms with Crippen LogP contribution >= 0.6 is 0 Å². The summed E-state index contributed by atoms with van der Waals surface area (Å²) in [7, 11) is 0. The van der Waals surface area contributed by atoms with E-state index in [1.54, 1.807) is 4.57 Å². The minimum absolute atomic E-state index is 0.0595. The summed E-state index contributed by atoms with van der Waals surface area (Å²) in [6.45, 7) is 10.2. The molecule has 9 nitrogen and oxygen atoms in total. The molecule has 5 aromatic rings. The van der Waals surface area contributed by atoms with E-state index in [2.05, 4.69) is 33.7 Å². The highest BCUT2D eigenvalue weighted by molar-refractivity contribution is 5.80. The van der Waals surface area contributed by atoms with E-state index in [1.807, 2.05) is 66.9 Å². The van der Waals surface area contributed by atoms with E-state index >= 15 is 0 Å². The monoisotopic (exact) mass is 496 g/mol. The van der Waals surface area contributed by atoms with Crippen LogP contribution in [-0.4, -0.2) is 29.3 Å². The van der Waals surface area contributed by atoms with Crippen molar-refractivity contribution >= 4 is 5.78 Å². The number of aryl methyl sites for hydroxylation is 2. The zero-order chi connectivity index (χ0) is 26.1. The number of aromatic amines is 1. The Morgan fingerprint density at radius 2 is 1.81 bits per heavy atom. The molecule has 0 saturated heterocycles. The second-order valence-corrected chi connectivity index (χ2v) is 9.26. The number of H-pyrrole nitrogens is 1. The lowest BCUT2D eigenvalue weighted by Crippen LogP contribution is -2.30. The lowest BCUT2D eigenvalue weighted by atomic mass is 9.96. The van der Waals surface area contributed by atoms with Gasteiger partial charge in [-0.2, -0.15) is 10.1 Å². The summed E-state index contributed by atoms with van der Waals surface area (Å²) < 4.78 is 8.18. The van der Waals surface area contributed by atoms with Crippen molar-refractivity contribution in [1.29, 1.82) is 0 Å². The highest BCUT2D eigenvalue weighted by Crippen LogP contribution is 2.30. The van der Waals surface area contributed by atoms with E-state index in [1.165, 1.54) is 0 Å². The first-order valence-electron chi connectivity index (χ1n) is 12.2. The number of hydrogen-bond acceptors (Lipinski definition) is 6. The number of hydrogen-bond donors (Lipinski definition) is 1. The molecule has 188 valence electrons. The molecule has 0 aliphatic heterocycles. The van der Waals surface area contributed by atoms with Crippen molar-refractivity contribution in [3.05, 3.63) is 104 Å². The summed E-state index contributed by atoms with van der Waals surface area (Å²) in [6, 6.07) is 15.7. The van der Waals surface area contributed by atoms with E-state index in [4.69, 9.17) is 4.52 Å². The molecule has 3 heterocycles. The Labute approximate surface area is 213 Å². The van der Waals surface area contributed by atoms with E-state index in [9.17, 15) is 9.59 Å². The molecule has 37 heavy (non-hydrogen) atoms. The molecule has 0 unspecified atom stereocenters. The topological polar surface area (TPSA) is 111 Å². The predicted octanol–water partition coefficient (Wildman–Crippen LogP) is 4.33. The van der Waals surface area contributed by atoms with Crippen LogP contribution in [0.5, 0.6) is 0 Å². The van der Waals surface area contributed by atoms with Crippen molar-refractivity contribution < 1.29 is 4.52 Å². The van der Waals surface area contributed by atoms with Gasteiger partial charge in [0.05, 0.1) is 5.69 Å². The molecule has 9 heteroatoms. The van der Waals surface area contributed by atoms with Gasteiger partial charge in [0.1, 0.15) is 5.82 Å². The number of aromatic nitrogens is 6. The second-order valence-electron chi connectivity index (χ2n) is 9.26. The highest BCUT2D eigenvalue weighted by atomic mass is 16.5. The fourth-order valence-electron chi connectivity index (χ4n) is 4.64. The van der Waals surface area contributed by atoms with E-state index in [-0.39, 0.29) is 5.56 Å². The molecule has 0 amide bonds. The predicted molar refractivity (Wildman–Crippen MR) is 142 cm³/mol. The standard InChI is InChI=1S/C28H28N6O3/c1-5-8-24-23(26(35)33(16-17(2)3)27-29-18(4)31-34(24)27)15-19-11-13-20(14-12-19)21-9-6-7-10-22(21)25-30-28(36)37-32-25/h6-7,9-14H,2,5,8,15-16H2,1,3-4H3,(H,30,32,36). The average Bonchev–Trinajstić information content (AvgIpc) is 3.49. The molecule has 0 spiro atoms. The Bertz CT molecular complexity index is 1720. The molecule has 0 bridgehead atoms. The molecular weight excluding hydrogens is 468 g/mol. The third-order valence-electron chi connectivity index (χ3n) is 6.23. The van der Waals surface area contributed by atoms with Gasteiger partial charge in [0.2, 0.25) is 5.78 Å². The van der Waals surface area contributed by atoms with Gasteiger partial charge in [-0.05, 0) is 37.0 Å². The van der Waals surface area contributed by atoms with E-state index in [0.29, 0.717) is 36.0 Å². The van der Waals surface area contributed by atoms with Crippen molar-refractivity contribution in [3.8, 4) is 22.5 Å². The fraction of sp³-hybridized carbons (Fsp3) is 0.250. The van der Waals surface area contributed by atoms with Gasteiger partial charge >= 0.3 is 5.76 Å². The van der Waals surface area contributed by atoms with Gasteiger partial charge in [0, 0.05) is 24.1 Å². The molecule has 0 atom stereocenters. The van der Waals surface area contributed by atoms with Gasteiger partial charge in [-0.25, -0.2) is 9.31 Å². The lowest BCUT2D eigenvalue weighted by molar-refractivity contribution is 0.388. The van der Waals surface area contributed by atoms with Crippen molar-refractivity contribution in [3.63, 3.8) is 0 Å². The molecule has 2 aromatic carbocycles. The summed E-state index contributed by atoms with van der Waals surface area (Å²) >= 11 is 0. The van der Waals surface area contributed by atoms with Crippen LogP contribution in [0.3, 0.4) is 0 Å². The molecule has 3 aromatic heterocycles. The fourth-order valence-corrected chi connectivity index (χ4v) is 4.64. The van der Waals surface area contributed by atoms with Crippen LogP contribution in [0.25, 0.3) is 28.3 Å². The zero-order valence-electron chi connectivity index (χ0n) is 21.1. The highest BCUT2D eigenvalue weighted by Gasteiger charge is 2.20. The largest absolute Gasteiger partial charge is 0.439 e. The van der Waals surface area contributed by atoms with E-state index in [0.717, 1.165) is 46.4 Å². The molecule has 1 N–H and O–H groups in total. The van der Waals surface area contributed by atoms with Crippen molar-refractivity contribution in [2.45, 2.75) is 46.6 Å². The number of nitrogens with zero attached hydrogens (tertiary/aromatic N) is 5. The molecule has 0 aliphatic rings. The average molecular weight is 497 g/mol. The number of fused-ring (bicyclic) bond motifs is 1. The molecule has 0 saturated carbocycles. The van der Waals surface area contributed by atoms with Crippen LogP contribution in [0.1, 0.15) is 42.9 Å². The number of rotatable bonds is 8. The lowest BCUT2D eigenvalue weighted by Gasteiger charge is -2.15. The quantitative estimate of drug-likeness (QED) is 0.320. The number of allylic oxidation sites excluding steroid dienone is 1. The molecule has 5 rings (SSSR count). The third kappa shape index (κ3) is 4.67. The summed E-state index contributed by atoms with van der Waals surface area (Å²) in [6.07, 6.45) is 2.07. The zero-order valence-corrected chi connectivity index (χ0v) is 21.1. The maximum absolute atomic E-state index is 13.7. The summed E-state index contributed by atoms with van der Waals surface area (Å²) in [5.41, 5.74) is 6.06. The van der Waals surface area contributed by atoms with Crippen molar-refractivity contribution in [1.82, 2.24) is 29.3 Å². The number of nitrogens with one attached hydrogen (secondary N) is 1. The normalized spacial score (nSPS) is 11.3. The minimum atomic E-state index is -0.597. The van der Waals surface area contributed by atoms with Crippen LogP contribution < -0.4 is 11.3 Å². The smallest absolute Gasteiger partial charge is 0.296 e. The molecule has 0 fully saturated rings. The maximum atomic E-state index is 13.7. The Morgan fingerprint density at radius 3 is 2.46 bits per heavy atom. The Kier molecular flexibility index (Phi) is 6.43. The molecular formula is C28H28N6O3. The Balaban J connectivity index is 1.56. The van der Waals surface area contributed by atoms with Crippen LogP contribution in [0.2, 0.25) is 0 Å². The van der Waals surface area contributed by atoms with Gasteiger partial charge < -0.3 is 0 Å². The van der Waals surface area contributed by atoms with E-state index < -0.39 is 5.76 Å². The Morgan fingerprint density at radius 1 is 1.08 bits per heavy atom. The summed E-state index contributed by atoms with van der Waals surface area (Å²) in [5, 5.41) is 8.45. The maximum Gasteiger partial charge on any atom is 0.439 e. The van der Waals surface area contributed by atoms with Gasteiger partial charge in [-0.15, -0.1) is 0 Å². The summed E-state index contributed by atoms with van der Waals surface area (Å²) in [5.74, 6) is 0.958. The molecule has 0 aliphatic carbocycles. The summed E-state index contributed by atoms with van der Waals surface area (Å²) in [4.78, 5) is 32.3. The van der Waals surface area contributed by atoms with Gasteiger partial charge in [0.25, 0.3) is 5.56 Å². The first-order valence-corrected chi connectivity index (χ1v) is 12.2. The first kappa shape index (κ1) is 24.2. The van der Waals surface area contributed by atoms with Crippen LogP contribution in [0.4, 0.5) is 0 Å². The third-order valence-corrected chi connectivity index (χ3v) is 6.23. The number of benzene rings is 2. The Hall–Kier alpha value is -4.53. The van der Waals surface area contributed by atoms with Crippen LogP contribution in [-0.2, 0) is 19.4 Å². The minimum Gasteiger partial charge on any atom is -0.296 e. The van der Waals surface area contributed by atoms with Crippen molar-refractivity contribution in [2.24, 2.45) is 0 Å². The van der Waals surface area contributed by atoms with Crippen LogP contribution in [0, 0.1) is 6.92 Å². The second kappa shape index (κ2) is 9.85. The van der Waals surface area contributed by atoms with Crippen molar-refractivity contribution in [2.75, 3.05) is 0 Å². The van der Waals surface area contributed by atoms with Gasteiger partial charge in [-0.1, -0.05) is 79.2 Å². The van der Waals surface area contributed by atoms with Gasteiger partial charge in [-0.3, -0.25) is 18.9 Å².